The van der Waals surface area contributed by atoms with Crippen molar-refractivity contribution in [2.45, 2.75) is 40.2 Å². The highest BCUT2D eigenvalue weighted by atomic mass is 79.9. The zero-order chi connectivity index (χ0) is 16.7. The lowest BCUT2D eigenvalue weighted by atomic mass is 10.0. The van der Waals surface area contributed by atoms with Gasteiger partial charge in [-0.2, -0.15) is 14.7 Å². The van der Waals surface area contributed by atoms with Crippen LogP contribution in [0.3, 0.4) is 0 Å². The smallest absolute Gasteiger partial charge is 0.263 e. The standard InChI is InChI=1S/C15H18BrClN2.CO2/c1-4-10-9-11(16)7-8-12(10)15-14(17)13(5-2)18-19(15)6-3;2-1-3/h7-9H,4-6H2,1-3H3;. The van der Waals surface area contributed by atoms with E-state index in [4.69, 9.17) is 21.2 Å². The summed E-state index contributed by atoms with van der Waals surface area (Å²) < 4.78 is 3.10. The minimum absolute atomic E-state index is 0.250. The van der Waals surface area contributed by atoms with Gasteiger partial charge in [-0.3, -0.25) is 4.68 Å². The third-order valence-electron chi connectivity index (χ3n) is 3.30. The highest BCUT2D eigenvalue weighted by molar-refractivity contribution is 9.10. The second-order valence-corrected chi connectivity index (χ2v) is 5.81. The first kappa shape index (κ1) is 18.6. The summed E-state index contributed by atoms with van der Waals surface area (Å²) in [5.41, 5.74) is 4.49. The maximum absolute atomic E-state index is 8.12. The molecule has 2 rings (SSSR count). The second kappa shape index (κ2) is 8.89. The van der Waals surface area contributed by atoms with Crippen LogP contribution in [0.1, 0.15) is 32.0 Å². The number of aryl methyl sites for hydroxylation is 3. The largest absolute Gasteiger partial charge is 0.373 e. The molecule has 0 unspecified atom stereocenters. The summed E-state index contributed by atoms with van der Waals surface area (Å²) in [5.74, 6) is 0. The lowest BCUT2D eigenvalue weighted by molar-refractivity contribution is -0.191. The Morgan fingerprint density at radius 2 is 1.86 bits per heavy atom. The molecule has 1 aromatic heterocycles. The Hall–Kier alpha value is -1.42. The molecule has 0 radical (unpaired) electrons. The van der Waals surface area contributed by atoms with E-state index < -0.39 is 0 Å². The van der Waals surface area contributed by atoms with Crippen molar-refractivity contribution in [1.29, 1.82) is 0 Å². The molecule has 22 heavy (non-hydrogen) atoms. The summed E-state index contributed by atoms with van der Waals surface area (Å²) in [4.78, 5) is 16.2. The third-order valence-corrected chi connectivity index (χ3v) is 4.19. The second-order valence-electron chi connectivity index (χ2n) is 4.52. The highest BCUT2D eigenvalue weighted by Gasteiger charge is 2.18. The molecular weight excluding hydrogens is 368 g/mol. The first-order valence-electron chi connectivity index (χ1n) is 7.07. The van der Waals surface area contributed by atoms with Gasteiger partial charge in [0, 0.05) is 16.6 Å². The minimum atomic E-state index is 0.250. The monoisotopic (exact) mass is 384 g/mol. The van der Waals surface area contributed by atoms with Crippen molar-refractivity contribution < 1.29 is 9.59 Å². The molecule has 0 bridgehead atoms. The van der Waals surface area contributed by atoms with Crippen LogP contribution in [-0.2, 0) is 29.0 Å². The Bertz CT molecular complexity index is 677. The molecule has 0 aliphatic carbocycles. The van der Waals surface area contributed by atoms with Crippen molar-refractivity contribution in [2.75, 3.05) is 0 Å². The first-order valence-corrected chi connectivity index (χ1v) is 8.24. The molecule has 0 aliphatic rings. The van der Waals surface area contributed by atoms with Crippen LogP contribution in [0.5, 0.6) is 0 Å². The van der Waals surface area contributed by atoms with Gasteiger partial charge >= 0.3 is 6.15 Å². The molecule has 0 fully saturated rings. The average Bonchev–Trinajstić information content (AvgIpc) is 2.84. The number of carbonyl (C=O) groups excluding carboxylic acids is 2. The van der Waals surface area contributed by atoms with Crippen LogP contribution in [0.15, 0.2) is 22.7 Å². The number of hydrogen-bond acceptors (Lipinski definition) is 3. The van der Waals surface area contributed by atoms with Gasteiger partial charge in [0.15, 0.2) is 0 Å². The normalized spacial score (nSPS) is 9.86. The van der Waals surface area contributed by atoms with E-state index >= 15 is 0 Å². The van der Waals surface area contributed by atoms with Crippen molar-refractivity contribution in [3.05, 3.63) is 39.0 Å². The summed E-state index contributed by atoms with van der Waals surface area (Å²) >= 11 is 10.0. The molecule has 6 heteroatoms. The predicted octanol–water partition coefficient (Wildman–Crippen LogP) is 4.53. The van der Waals surface area contributed by atoms with Gasteiger partial charge in [-0.15, -0.1) is 0 Å². The van der Waals surface area contributed by atoms with Gasteiger partial charge < -0.3 is 0 Å². The quantitative estimate of drug-likeness (QED) is 0.777. The van der Waals surface area contributed by atoms with Crippen LogP contribution in [0.2, 0.25) is 5.02 Å². The van der Waals surface area contributed by atoms with Crippen molar-refractivity contribution in [2.24, 2.45) is 0 Å². The fourth-order valence-electron chi connectivity index (χ4n) is 2.29. The number of halogens is 2. The molecule has 2 aromatic rings. The van der Waals surface area contributed by atoms with Gasteiger partial charge in [-0.1, -0.05) is 47.4 Å². The Labute approximate surface area is 143 Å². The molecule has 118 valence electrons. The Morgan fingerprint density at radius 3 is 2.36 bits per heavy atom. The van der Waals surface area contributed by atoms with Crippen LogP contribution in [0, 0.1) is 0 Å². The van der Waals surface area contributed by atoms with Crippen molar-refractivity contribution in [3.63, 3.8) is 0 Å². The van der Waals surface area contributed by atoms with E-state index in [0.29, 0.717) is 0 Å². The van der Waals surface area contributed by atoms with Gasteiger partial charge in [0.1, 0.15) is 0 Å². The fourth-order valence-corrected chi connectivity index (χ4v) is 3.07. The van der Waals surface area contributed by atoms with Gasteiger partial charge in [0.25, 0.3) is 0 Å². The molecule has 0 atom stereocenters. The zero-order valence-electron chi connectivity index (χ0n) is 12.8. The zero-order valence-corrected chi connectivity index (χ0v) is 15.2. The van der Waals surface area contributed by atoms with Crippen molar-refractivity contribution >= 4 is 33.7 Å². The van der Waals surface area contributed by atoms with Crippen LogP contribution in [0.25, 0.3) is 11.3 Å². The maximum Gasteiger partial charge on any atom is 0.373 e. The molecule has 0 spiro atoms. The third kappa shape index (κ3) is 4.07. The summed E-state index contributed by atoms with van der Waals surface area (Å²) in [6.45, 7) is 7.16. The number of hydrogen-bond donors (Lipinski definition) is 0. The number of rotatable bonds is 4. The predicted molar refractivity (Wildman–Crippen MR) is 89.8 cm³/mol. The summed E-state index contributed by atoms with van der Waals surface area (Å²) in [7, 11) is 0. The van der Waals surface area contributed by atoms with Crippen LogP contribution in [-0.4, -0.2) is 15.9 Å². The number of aromatic nitrogens is 2. The SMILES string of the molecule is CCc1cc(Br)ccc1-c1c(Cl)c(CC)nn1CC.O=C=O. The molecule has 0 N–H and O–H groups in total. The summed E-state index contributed by atoms with van der Waals surface area (Å²) in [6.07, 6.45) is 2.08. The van der Waals surface area contributed by atoms with E-state index in [2.05, 4.69) is 60.0 Å². The maximum atomic E-state index is 8.12. The topological polar surface area (TPSA) is 52.0 Å². The van der Waals surface area contributed by atoms with Gasteiger partial charge in [-0.05, 0) is 37.5 Å². The molecule has 0 saturated carbocycles. The van der Waals surface area contributed by atoms with E-state index in [0.717, 1.165) is 40.3 Å². The number of nitrogens with zero attached hydrogens (tertiary/aromatic N) is 2. The lowest BCUT2D eigenvalue weighted by Gasteiger charge is -2.11. The molecule has 0 saturated heterocycles. The molecule has 1 aromatic carbocycles. The summed E-state index contributed by atoms with van der Waals surface area (Å²) in [5, 5.41) is 5.39. The summed E-state index contributed by atoms with van der Waals surface area (Å²) in [6, 6.07) is 6.34. The van der Waals surface area contributed by atoms with Gasteiger partial charge in [0.2, 0.25) is 0 Å². The molecule has 0 amide bonds. The Kier molecular flexibility index (Phi) is 7.52. The van der Waals surface area contributed by atoms with Gasteiger partial charge in [0.05, 0.1) is 16.4 Å². The molecule has 1 heterocycles. The minimum Gasteiger partial charge on any atom is -0.263 e. The molecule has 0 aliphatic heterocycles. The first-order chi connectivity index (χ1) is 10.5. The number of benzene rings is 1. The van der Waals surface area contributed by atoms with E-state index in [9.17, 15) is 0 Å². The molecule has 4 nitrogen and oxygen atoms in total. The Balaban J connectivity index is 0.000000745. The van der Waals surface area contributed by atoms with Crippen LogP contribution >= 0.6 is 27.5 Å². The van der Waals surface area contributed by atoms with E-state index in [1.807, 2.05) is 4.68 Å². The van der Waals surface area contributed by atoms with Crippen molar-refractivity contribution in [3.8, 4) is 11.3 Å². The van der Waals surface area contributed by atoms with Gasteiger partial charge in [-0.25, -0.2) is 0 Å². The molecular formula is C16H18BrClN2O2. The fraction of sp³-hybridized carbons (Fsp3) is 0.375. The van der Waals surface area contributed by atoms with Crippen molar-refractivity contribution in [1.82, 2.24) is 9.78 Å². The van der Waals surface area contributed by atoms with E-state index in [-0.39, 0.29) is 6.15 Å². The van der Waals surface area contributed by atoms with E-state index in [1.165, 1.54) is 11.1 Å². The van der Waals surface area contributed by atoms with E-state index in [1.54, 1.807) is 0 Å². The van der Waals surface area contributed by atoms with Crippen LogP contribution in [0.4, 0.5) is 0 Å². The lowest BCUT2D eigenvalue weighted by Crippen LogP contribution is -2.01. The Morgan fingerprint density at radius 1 is 1.23 bits per heavy atom. The highest BCUT2D eigenvalue weighted by Crippen LogP contribution is 2.34. The average molecular weight is 386 g/mol. The van der Waals surface area contributed by atoms with Crippen LogP contribution < -0.4 is 0 Å².